The second-order valence-corrected chi connectivity index (χ2v) is 5.39. The van der Waals surface area contributed by atoms with Gasteiger partial charge in [-0.25, -0.2) is 4.79 Å². The number of carbonyl (C=O) groups excluding carboxylic acids is 2. The molecule has 6 heteroatoms. The normalized spacial score (nSPS) is 21.6. The number of carboxylic acids is 1. The molecule has 0 aliphatic carbocycles. The molecule has 112 valence electrons. The van der Waals surface area contributed by atoms with E-state index in [2.05, 4.69) is 5.32 Å². The van der Waals surface area contributed by atoms with E-state index in [-0.39, 0.29) is 12.8 Å². The number of aliphatic carboxylic acids is 1. The van der Waals surface area contributed by atoms with Gasteiger partial charge in [0.1, 0.15) is 5.54 Å². The highest BCUT2D eigenvalue weighted by Crippen LogP contribution is 2.34. The van der Waals surface area contributed by atoms with Crippen LogP contribution in [0.15, 0.2) is 18.2 Å². The summed E-state index contributed by atoms with van der Waals surface area (Å²) in [4.78, 5) is 36.2. The Kier molecular flexibility index (Phi) is 3.72. The van der Waals surface area contributed by atoms with Gasteiger partial charge in [0.05, 0.1) is 0 Å². The number of benzene rings is 1. The van der Waals surface area contributed by atoms with Crippen molar-refractivity contribution < 1.29 is 19.5 Å². The van der Waals surface area contributed by atoms with Crippen molar-refractivity contribution in [3.63, 3.8) is 0 Å². The lowest BCUT2D eigenvalue weighted by atomic mass is 9.84. The molecule has 1 atom stereocenters. The van der Waals surface area contributed by atoms with Crippen molar-refractivity contribution in [2.24, 2.45) is 0 Å². The molecule has 0 spiro atoms. The lowest BCUT2D eigenvalue weighted by Gasteiger charge is -2.27. The zero-order chi connectivity index (χ0) is 15.8. The molecule has 1 aromatic carbocycles. The summed E-state index contributed by atoms with van der Waals surface area (Å²) in [7, 11) is 1.39. The van der Waals surface area contributed by atoms with E-state index < -0.39 is 23.4 Å². The first-order chi connectivity index (χ1) is 9.78. The lowest BCUT2D eigenvalue weighted by molar-refractivity contribution is -0.138. The van der Waals surface area contributed by atoms with Crippen LogP contribution in [-0.4, -0.2) is 35.0 Å². The Morgan fingerprint density at radius 3 is 2.43 bits per heavy atom. The standard InChI is InChI=1S/C15H18N2O4/c1-9-4-5-11(8-10(9)2)15(7-6-12(18)19)13(20)17(3)14(21)16-15/h4-5,8H,6-7H2,1-3H3,(H,16,21)(H,18,19). The van der Waals surface area contributed by atoms with Gasteiger partial charge in [-0.05, 0) is 37.0 Å². The summed E-state index contributed by atoms with van der Waals surface area (Å²) < 4.78 is 0. The average Bonchev–Trinajstić information content (AvgIpc) is 2.65. The number of imide groups is 1. The van der Waals surface area contributed by atoms with Crippen LogP contribution in [0.25, 0.3) is 0 Å². The van der Waals surface area contributed by atoms with Gasteiger partial charge in [-0.1, -0.05) is 18.2 Å². The number of hydrogen-bond donors (Lipinski definition) is 2. The molecule has 21 heavy (non-hydrogen) atoms. The molecular weight excluding hydrogens is 272 g/mol. The van der Waals surface area contributed by atoms with Gasteiger partial charge < -0.3 is 10.4 Å². The van der Waals surface area contributed by atoms with Gasteiger partial charge >= 0.3 is 12.0 Å². The van der Waals surface area contributed by atoms with Crippen LogP contribution in [0.1, 0.15) is 29.5 Å². The molecule has 0 bridgehead atoms. The van der Waals surface area contributed by atoms with Gasteiger partial charge in [-0.3, -0.25) is 14.5 Å². The largest absolute Gasteiger partial charge is 0.481 e. The number of carbonyl (C=O) groups is 3. The quantitative estimate of drug-likeness (QED) is 0.824. The Bertz CT molecular complexity index is 626. The van der Waals surface area contributed by atoms with Crippen molar-refractivity contribution in [3.05, 3.63) is 34.9 Å². The Morgan fingerprint density at radius 1 is 1.29 bits per heavy atom. The second kappa shape index (κ2) is 5.20. The highest BCUT2D eigenvalue weighted by atomic mass is 16.4. The number of nitrogens with zero attached hydrogens (tertiary/aromatic N) is 1. The average molecular weight is 290 g/mol. The maximum Gasteiger partial charge on any atom is 0.325 e. The van der Waals surface area contributed by atoms with Gasteiger partial charge in [0, 0.05) is 13.5 Å². The molecule has 1 fully saturated rings. The molecule has 0 radical (unpaired) electrons. The summed E-state index contributed by atoms with van der Waals surface area (Å²) in [6, 6.07) is 4.95. The van der Waals surface area contributed by atoms with E-state index in [0.717, 1.165) is 16.0 Å². The first-order valence-corrected chi connectivity index (χ1v) is 6.68. The monoisotopic (exact) mass is 290 g/mol. The van der Waals surface area contributed by atoms with E-state index in [9.17, 15) is 14.4 Å². The predicted molar refractivity (Wildman–Crippen MR) is 75.8 cm³/mol. The van der Waals surface area contributed by atoms with E-state index in [0.29, 0.717) is 5.56 Å². The number of aryl methyl sites for hydroxylation is 2. The summed E-state index contributed by atoms with van der Waals surface area (Å²) in [6.07, 6.45) is -0.174. The maximum atomic E-state index is 12.5. The van der Waals surface area contributed by atoms with E-state index in [1.54, 1.807) is 6.07 Å². The highest BCUT2D eigenvalue weighted by molar-refractivity contribution is 6.07. The minimum absolute atomic E-state index is 0.0275. The number of carboxylic acid groups (broad SMARTS) is 1. The highest BCUT2D eigenvalue weighted by Gasteiger charge is 2.51. The number of nitrogens with one attached hydrogen (secondary N) is 1. The molecular formula is C15H18N2O4. The number of likely N-dealkylation sites (N-methyl/N-ethyl adjacent to an activating group) is 1. The van der Waals surface area contributed by atoms with E-state index in [1.807, 2.05) is 26.0 Å². The lowest BCUT2D eigenvalue weighted by Crippen LogP contribution is -2.44. The zero-order valence-corrected chi connectivity index (χ0v) is 12.3. The minimum atomic E-state index is -1.29. The van der Waals surface area contributed by atoms with Crippen LogP contribution in [0.5, 0.6) is 0 Å². The number of rotatable bonds is 4. The molecule has 6 nitrogen and oxygen atoms in total. The molecule has 3 amide bonds. The van der Waals surface area contributed by atoms with Crippen molar-refractivity contribution in [1.82, 2.24) is 10.2 Å². The Labute approximate surface area is 122 Å². The van der Waals surface area contributed by atoms with Crippen LogP contribution in [0.2, 0.25) is 0 Å². The summed E-state index contributed by atoms with van der Waals surface area (Å²) >= 11 is 0. The summed E-state index contributed by atoms with van der Waals surface area (Å²) in [5, 5.41) is 11.6. The van der Waals surface area contributed by atoms with Crippen LogP contribution in [0.3, 0.4) is 0 Å². The SMILES string of the molecule is Cc1ccc(C2(CCC(=O)O)NC(=O)N(C)C2=O)cc1C. The fraction of sp³-hybridized carbons (Fsp3) is 0.400. The van der Waals surface area contributed by atoms with Gasteiger partial charge in [0.2, 0.25) is 0 Å². The Balaban J connectivity index is 2.50. The fourth-order valence-corrected chi connectivity index (χ4v) is 2.51. The summed E-state index contributed by atoms with van der Waals surface area (Å²) in [6.45, 7) is 3.86. The van der Waals surface area contributed by atoms with Gasteiger partial charge in [-0.2, -0.15) is 0 Å². The van der Waals surface area contributed by atoms with Crippen molar-refractivity contribution in [1.29, 1.82) is 0 Å². The van der Waals surface area contributed by atoms with Crippen molar-refractivity contribution in [3.8, 4) is 0 Å². The summed E-state index contributed by atoms with van der Waals surface area (Å²) in [5.41, 5.74) is 1.38. The van der Waals surface area contributed by atoms with Crippen molar-refractivity contribution >= 4 is 17.9 Å². The fourth-order valence-electron chi connectivity index (χ4n) is 2.51. The molecule has 2 rings (SSSR count). The number of hydrogen-bond acceptors (Lipinski definition) is 3. The predicted octanol–water partition coefficient (Wildman–Crippen LogP) is 1.55. The second-order valence-electron chi connectivity index (χ2n) is 5.39. The van der Waals surface area contributed by atoms with Crippen LogP contribution < -0.4 is 5.32 Å². The molecule has 2 N–H and O–H groups in total. The molecule has 1 saturated heterocycles. The summed E-state index contributed by atoms with van der Waals surface area (Å²) in [5.74, 6) is -1.42. The first-order valence-electron chi connectivity index (χ1n) is 6.68. The van der Waals surface area contributed by atoms with E-state index in [1.165, 1.54) is 7.05 Å². The van der Waals surface area contributed by atoms with Gasteiger partial charge in [0.15, 0.2) is 0 Å². The van der Waals surface area contributed by atoms with Crippen LogP contribution in [0, 0.1) is 13.8 Å². The third-order valence-corrected chi connectivity index (χ3v) is 4.01. The smallest absolute Gasteiger partial charge is 0.325 e. The Hall–Kier alpha value is -2.37. The van der Waals surface area contributed by atoms with Crippen molar-refractivity contribution in [2.75, 3.05) is 7.05 Å². The molecule has 1 heterocycles. The van der Waals surface area contributed by atoms with Crippen LogP contribution in [0.4, 0.5) is 4.79 Å². The first kappa shape index (κ1) is 15.0. The van der Waals surface area contributed by atoms with Crippen LogP contribution in [-0.2, 0) is 15.1 Å². The number of amides is 3. The third kappa shape index (κ3) is 2.49. The molecule has 1 unspecified atom stereocenters. The zero-order valence-electron chi connectivity index (χ0n) is 12.3. The Morgan fingerprint density at radius 2 is 1.95 bits per heavy atom. The molecule has 0 aromatic heterocycles. The molecule has 0 saturated carbocycles. The third-order valence-electron chi connectivity index (χ3n) is 4.01. The molecule has 1 aromatic rings. The van der Waals surface area contributed by atoms with Gasteiger partial charge in [0.25, 0.3) is 5.91 Å². The number of urea groups is 1. The molecule has 1 aliphatic rings. The van der Waals surface area contributed by atoms with E-state index in [4.69, 9.17) is 5.11 Å². The van der Waals surface area contributed by atoms with E-state index >= 15 is 0 Å². The maximum absolute atomic E-state index is 12.5. The molecule has 1 aliphatic heterocycles. The minimum Gasteiger partial charge on any atom is -0.481 e. The van der Waals surface area contributed by atoms with Crippen molar-refractivity contribution in [2.45, 2.75) is 32.2 Å². The van der Waals surface area contributed by atoms with Gasteiger partial charge in [-0.15, -0.1) is 0 Å². The van der Waals surface area contributed by atoms with Crippen LogP contribution >= 0.6 is 0 Å². The topological polar surface area (TPSA) is 86.7 Å².